The largest absolute Gasteiger partial charge is 0.273 e. The van der Waals surface area contributed by atoms with Gasteiger partial charge in [0.2, 0.25) is 5.91 Å². The van der Waals surface area contributed by atoms with Gasteiger partial charge in [-0.1, -0.05) is 13.8 Å². The minimum Gasteiger partial charge on any atom is -0.273 e. The number of carbonyl (C=O) groups excluding carboxylic acids is 1. The molecule has 5 nitrogen and oxygen atoms in total. The molecule has 0 aromatic rings. The summed E-state index contributed by atoms with van der Waals surface area (Å²) in [7, 11) is -3.02. The Hall–Kier alpha value is -0.910. The fraction of sp³-hybridized carbons (Fsp3) is 0.833. The second kappa shape index (κ2) is 4.33. The Labute approximate surface area is 108 Å². The van der Waals surface area contributed by atoms with Crippen LogP contribution in [0.5, 0.6) is 0 Å². The first-order valence-corrected chi connectivity index (χ1v) is 8.14. The van der Waals surface area contributed by atoms with E-state index in [1.54, 1.807) is 0 Å². The van der Waals surface area contributed by atoms with Gasteiger partial charge < -0.3 is 0 Å². The van der Waals surface area contributed by atoms with E-state index in [4.69, 9.17) is 0 Å². The zero-order chi connectivity index (χ0) is 13.6. The smallest absolute Gasteiger partial charge is 0.248 e. The molecule has 0 spiro atoms. The van der Waals surface area contributed by atoms with Crippen LogP contribution in [-0.2, 0) is 14.6 Å². The summed E-state index contributed by atoms with van der Waals surface area (Å²) in [6, 6.07) is 0. The lowest BCUT2D eigenvalue weighted by Gasteiger charge is -2.30. The fourth-order valence-electron chi connectivity index (χ4n) is 2.65. The van der Waals surface area contributed by atoms with Crippen LogP contribution >= 0.6 is 0 Å². The number of carbonyl (C=O) groups is 1. The van der Waals surface area contributed by atoms with Gasteiger partial charge >= 0.3 is 0 Å². The summed E-state index contributed by atoms with van der Waals surface area (Å²) in [5.41, 5.74) is 0.231. The molecule has 6 heteroatoms. The van der Waals surface area contributed by atoms with Crippen molar-refractivity contribution in [1.29, 1.82) is 0 Å². The van der Waals surface area contributed by atoms with Crippen LogP contribution in [0.1, 0.15) is 40.0 Å². The SMILES string of the molecule is CC(C)CC1=NN(C2(C)CCS(=O)(=O)C2)C(=O)C1. The summed E-state index contributed by atoms with van der Waals surface area (Å²) in [6.45, 7) is 5.98. The van der Waals surface area contributed by atoms with E-state index in [9.17, 15) is 13.2 Å². The van der Waals surface area contributed by atoms with Gasteiger partial charge in [-0.3, -0.25) is 4.79 Å². The predicted molar refractivity (Wildman–Crippen MR) is 70.0 cm³/mol. The molecule has 2 heterocycles. The highest BCUT2D eigenvalue weighted by Crippen LogP contribution is 2.33. The van der Waals surface area contributed by atoms with Gasteiger partial charge in [-0.2, -0.15) is 5.10 Å². The molecule has 0 aromatic heterocycles. The summed E-state index contributed by atoms with van der Waals surface area (Å²) in [5, 5.41) is 5.79. The summed E-state index contributed by atoms with van der Waals surface area (Å²) >= 11 is 0. The van der Waals surface area contributed by atoms with Crippen molar-refractivity contribution in [1.82, 2.24) is 5.01 Å². The van der Waals surface area contributed by atoms with E-state index >= 15 is 0 Å². The van der Waals surface area contributed by atoms with Crippen molar-refractivity contribution >= 4 is 21.5 Å². The summed E-state index contributed by atoms with van der Waals surface area (Å²) in [4.78, 5) is 12.0. The number of hydrogen-bond donors (Lipinski definition) is 0. The molecule has 0 saturated carbocycles. The van der Waals surface area contributed by atoms with Crippen molar-refractivity contribution in [2.75, 3.05) is 11.5 Å². The third kappa shape index (κ3) is 2.58. The molecular weight excluding hydrogens is 252 g/mol. The highest BCUT2D eigenvalue weighted by molar-refractivity contribution is 7.91. The molecule has 1 saturated heterocycles. The average molecular weight is 272 g/mol. The average Bonchev–Trinajstić information content (AvgIpc) is 2.68. The minimum absolute atomic E-state index is 0.0319. The third-order valence-corrected chi connectivity index (χ3v) is 5.36. The van der Waals surface area contributed by atoms with Crippen LogP contribution in [0.4, 0.5) is 0 Å². The quantitative estimate of drug-likeness (QED) is 0.775. The zero-order valence-corrected chi connectivity index (χ0v) is 12.0. The maximum Gasteiger partial charge on any atom is 0.248 e. The summed E-state index contributed by atoms with van der Waals surface area (Å²) in [6.07, 6.45) is 1.62. The fourth-order valence-corrected chi connectivity index (χ4v) is 4.76. The molecule has 0 N–H and O–H groups in total. The standard InChI is InChI=1S/C12H20N2O3S/c1-9(2)6-10-7-11(15)14(13-10)12(3)4-5-18(16,17)8-12/h9H,4-8H2,1-3H3. The van der Waals surface area contributed by atoms with Gasteiger partial charge in [0.05, 0.1) is 23.5 Å². The van der Waals surface area contributed by atoms with Crippen molar-refractivity contribution in [3.05, 3.63) is 0 Å². The van der Waals surface area contributed by atoms with Gasteiger partial charge in [-0.05, 0) is 25.7 Å². The van der Waals surface area contributed by atoms with E-state index < -0.39 is 15.4 Å². The van der Waals surface area contributed by atoms with Crippen LogP contribution in [-0.4, -0.2) is 42.1 Å². The number of nitrogens with zero attached hydrogens (tertiary/aromatic N) is 2. The van der Waals surface area contributed by atoms with Crippen molar-refractivity contribution in [2.24, 2.45) is 11.0 Å². The van der Waals surface area contributed by atoms with Crippen LogP contribution in [0.15, 0.2) is 5.10 Å². The van der Waals surface area contributed by atoms with Crippen molar-refractivity contribution in [2.45, 2.75) is 45.6 Å². The highest BCUT2D eigenvalue weighted by Gasteiger charge is 2.47. The highest BCUT2D eigenvalue weighted by atomic mass is 32.2. The second-order valence-corrected chi connectivity index (χ2v) is 8.17. The molecule has 1 amide bonds. The van der Waals surface area contributed by atoms with E-state index in [0.29, 0.717) is 18.8 Å². The van der Waals surface area contributed by atoms with Gasteiger partial charge in [-0.25, -0.2) is 13.4 Å². The molecule has 2 aliphatic heterocycles. The summed E-state index contributed by atoms with van der Waals surface area (Å²) in [5.74, 6) is 0.578. The molecule has 1 unspecified atom stereocenters. The van der Waals surface area contributed by atoms with E-state index in [-0.39, 0.29) is 17.4 Å². The van der Waals surface area contributed by atoms with E-state index in [1.165, 1.54) is 5.01 Å². The Balaban J connectivity index is 2.19. The predicted octanol–water partition coefficient (Wildman–Crippen LogP) is 1.20. The Bertz CT molecular complexity index is 495. The molecule has 0 aliphatic carbocycles. The van der Waals surface area contributed by atoms with Crippen LogP contribution in [0.3, 0.4) is 0 Å². The third-order valence-electron chi connectivity index (χ3n) is 3.47. The van der Waals surface area contributed by atoms with Gasteiger partial charge in [0.25, 0.3) is 0 Å². The molecule has 2 rings (SSSR count). The Kier molecular flexibility index (Phi) is 3.25. The van der Waals surface area contributed by atoms with Gasteiger partial charge in [0.1, 0.15) is 0 Å². The molecule has 102 valence electrons. The van der Waals surface area contributed by atoms with Crippen molar-refractivity contribution in [3.8, 4) is 0 Å². The second-order valence-electron chi connectivity index (χ2n) is 5.99. The number of rotatable bonds is 3. The van der Waals surface area contributed by atoms with Crippen LogP contribution in [0.25, 0.3) is 0 Å². The normalized spacial score (nSPS) is 31.2. The molecular formula is C12H20N2O3S. The van der Waals surface area contributed by atoms with E-state index in [1.807, 2.05) is 6.92 Å². The lowest BCUT2D eigenvalue weighted by molar-refractivity contribution is -0.133. The molecule has 2 aliphatic rings. The lowest BCUT2D eigenvalue weighted by Crippen LogP contribution is -2.45. The number of amides is 1. The lowest BCUT2D eigenvalue weighted by atomic mass is 10.0. The molecule has 1 atom stereocenters. The zero-order valence-electron chi connectivity index (χ0n) is 11.1. The van der Waals surface area contributed by atoms with Crippen LogP contribution in [0.2, 0.25) is 0 Å². The first-order chi connectivity index (χ1) is 8.22. The minimum atomic E-state index is -3.02. The van der Waals surface area contributed by atoms with Gasteiger partial charge in [0, 0.05) is 5.71 Å². The van der Waals surface area contributed by atoms with E-state index in [2.05, 4.69) is 18.9 Å². The van der Waals surface area contributed by atoms with Crippen molar-refractivity contribution in [3.63, 3.8) is 0 Å². The van der Waals surface area contributed by atoms with Crippen LogP contribution < -0.4 is 0 Å². The van der Waals surface area contributed by atoms with E-state index in [0.717, 1.165) is 12.1 Å². The molecule has 0 bridgehead atoms. The number of hydrogen-bond acceptors (Lipinski definition) is 4. The maximum absolute atomic E-state index is 12.0. The first-order valence-electron chi connectivity index (χ1n) is 6.32. The Morgan fingerprint density at radius 2 is 2.11 bits per heavy atom. The first kappa shape index (κ1) is 13.5. The molecule has 0 radical (unpaired) electrons. The molecule has 0 aromatic carbocycles. The maximum atomic E-state index is 12.0. The molecule has 1 fully saturated rings. The molecule has 18 heavy (non-hydrogen) atoms. The monoisotopic (exact) mass is 272 g/mol. The van der Waals surface area contributed by atoms with Gasteiger partial charge in [0.15, 0.2) is 9.84 Å². The van der Waals surface area contributed by atoms with Crippen LogP contribution in [0, 0.1) is 5.92 Å². The number of hydrazone groups is 1. The Morgan fingerprint density at radius 1 is 1.44 bits per heavy atom. The van der Waals surface area contributed by atoms with Crippen molar-refractivity contribution < 1.29 is 13.2 Å². The topological polar surface area (TPSA) is 66.8 Å². The van der Waals surface area contributed by atoms with Gasteiger partial charge in [-0.15, -0.1) is 0 Å². The number of sulfone groups is 1. The summed E-state index contributed by atoms with van der Waals surface area (Å²) < 4.78 is 23.2. The Morgan fingerprint density at radius 3 is 2.61 bits per heavy atom.